The van der Waals surface area contributed by atoms with Crippen LogP contribution >= 0.6 is 0 Å². The highest BCUT2D eigenvalue weighted by Gasteiger charge is 2.21. The molecule has 0 saturated heterocycles. The fraction of sp³-hybridized carbons (Fsp3) is 0.300. The van der Waals surface area contributed by atoms with Crippen LogP contribution < -0.4 is 16.6 Å². The zero-order valence-electron chi connectivity index (χ0n) is 8.50. The molecule has 0 aromatic heterocycles. The van der Waals surface area contributed by atoms with Gasteiger partial charge >= 0.3 is 0 Å². The molecule has 1 aliphatic carbocycles. The smallest absolute Gasteiger partial charge is 0.210 e. The molecule has 1 aromatic carbocycles. The lowest BCUT2D eigenvalue weighted by Gasteiger charge is -2.08. The molecule has 0 atom stereocenters. The van der Waals surface area contributed by atoms with Crippen LogP contribution in [0.1, 0.15) is 12.8 Å². The SMILES string of the molecule is NNC(=NC1CC1)Nc1ccc(F)c(F)c1. The van der Waals surface area contributed by atoms with Gasteiger partial charge < -0.3 is 5.32 Å². The Labute approximate surface area is 91.5 Å². The van der Waals surface area contributed by atoms with Crippen molar-refractivity contribution in [3.63, 3.8) is 0 Å². The molecular weight excluding hydrogens is 214 g/mol. The van der Waals surface area contributed by atoms with Crippen LogP contribution in [-0.2, 0) is 0 Å². The molecule has 0 radical (unpaired) electrons. The topological polar surface area (TPSA) is 62.4 Å². The van der Waals surface area contributed by atoms with E-state index in [4.69, 9.17) is 5.84 Å². The second kappa shape index (κ2) is 4.44. The molecule has 1 saturated carbocycles. The van der Waals surface area contributed by atoms with E-state index in [1.165, 1.54) is 6.07 Å². The van der Waals surface area contributed by atoms with E-state index >= 15 is 0 Å². The first-order chi connectivity index (χ1) is 7.69. The molecule has 0 heterocycles. The van der Waals surface area contributed by atoms with Crippen LogP contribution in [-0.4, -0.2) is 12.0 Å². The number of benzene rings is 1. The number of hydrogen-bond acceptors (Lipinski definition) is 2. The summed E-state index contributed by atoms with van der Waals surface area (Å²) < 4.78 is 25.6. The maximum absolute atomic E-state index is 12.9. The normalized spacial score (nSPS) is 16.1. The molecule has 4 nitrogen and oxygen atoms in total. The Morgan fingerprint density at radius 3 is 2.62 bits per heavy atom. The van der Waals surface area contributed by atoms with Crippen LogP contribution in [0.5, 0.6) is 0 Å². The van der Waals surface area contributed by atoms with Gasteiger partial charge in [-0.1, -0.05) is 0 Å². The number of nitrogens with one attached hydrogen (secondary N) is 2. The van der Waals surface area contributed by atoms with Gasteiger partial charge in [0.05, 0.1) is 6.04 Å². The highest BCUT2D eigenvalue weighted by molar-refractivity contribution is 5.93. The first kappa shape index (κ1) is 10.8. The van der Waals surface area contributed by atoms with Crippen LogP contribution in [0.4, 0.5) is 14.5 Å². The standard InChI is InChI=1S/C10H12F2N4/c11-8-4-3-7(5-9(8)12)15-10(16-13)14-6-1-2-6/h3-6H,1-2,13H2,(H2,14,15,16). The third-order valence-corrected chi connectivity index (χ3v) is 2.18. The second-order valence-corrected chi connectivity index (χ2v) is 3.61. The molecule has 0 unspecified atom stereocenters. The number of halogens is 2. The summed E-state index contributed by atoms with van der Waals surface area (Å²) in [6, 6.07) is 3.79. The van der Waals surface area contributed by atoms with Crippen LogP contribution in [0.15, 0.2) is 23.2 Å². The van der Waals surface area contributed by atoms with E-state index in [1.54, 1.807) is 0 Å². The van der Waals surface area contributed by atoms with E-state index in [2.05, 4.69) is 15.7 Å². The molecule has 16 heavy (non-hydrogen) atoms. The quantitative estimate of drug-likeness (QED) is 0.309. The Bertz CT molecular complexity index is 415. The van der Waals surface area contributed by atoms with Crippen LogP contribution in [0.2, 0.25) is 0 Å². The first-order valence-electron chi connectivity index (χ1n) is 4.95. The van der Waals surface area contributed by atoms with Gasteiger partial charge in [-0.15, -0.1) is 0 Å². The van der Waals surface area contributed by atoms with E-state index in [-0.39, 0.29) is 6.04 Å². The van der Waals surface area contributed by atoms with Crippen molar-refractivity contribution in [1.29, 1.82) is 0 Å². The molecular formula is C10H12F2N4. The third-order valence-electron chi connectivity index (χ3n) is 2.18. The molecule has 1 fully saturated rings. The van der Waals surface area contributed by atoms with Crippen LogP contribution in [0.3, 0.4) is 0 Å². The Morgan fingerprint density at radius 2 is 2.06 bits per heavy atom. The van der Waals surface area contributed by atoms with Gasteiger partial charge in [0, 0.05) is 11.8 Å². The van der Waals surface area contributed by atoms with E-state index < -0.39 is 11.6 Å². The molecule has 4 N–H and O–H groups in total. The van der Waals surface area contributed by atoms with Crippen molar-refractivity contribution in [1.82, 2.24) is 5.43 Å². The van der Waals surface area contributed by atoms with E-state index in [1.807, 2.05) is 0 Å². The highest BCUT2D eigenvalue weighted by atomic mass is 19.2. The highest BCUT2D eigenvalue weighted by Crippen LogP contribution is 2.23. The zero-order chi connectivity index (χ0) is 11.5. The summed E-state index contributed by atoms with van der Waals surface area (Å²) >= 11 is 0. The molecule has 0 aliphatic heterocycles. The van der Waals surface area contributed by atoms with E-state index in [9.17, 15) is 8.78 Å². The summed E-state index contributed by atoms with van der Waals surface area (Å²) in [6.07, 6.45) is 2.06. The van der Waals surface area contributed by atoms with Crippen molar-refractivity contribution in [2.75, 3.05) is 5.32 Å². The van der Waals surface area contributed by atoms with Gasteiger partial charge in [0.1, 0.15) is 0 Å². The van der Waals surface area contributed by atoms with Crippen molar-refractivity contribution < 1.29 is 8.78 Å². The van der Waals surface area contributed by atoms with Gasteiger partial charge in [-0.2, -0.15) is 0 Å². The summed E-state index contributed by atoms with van der Waals surface area (Å²) in [5, 5.41) is 2.78. The van der Waals surface area contributed by atoms with Crippen LogP contribution in [0.25, 0.3) is 0 Å². The molecule has 1 aromatic rings. The number of nitrogens with zero attached hydrogens (tertiary/aromatic N) is 1. The number of guanidine groups is 1. The van der Waals surface area contributed by atoms with Gasteiger partial charge in [-0.05, 0) is 25.0 Å². The van der Waals surface area contributed by atoms with Gasteiger partial charge in [0.15, 0.2) is 11.6 Å². The van der Waals surface area contributed by atoms with Gasteiger partial charge in [-0.3, -0.25) is 5.43 Å². The number of hydrogen-bond donors (Lipinski definition) is 3. The first-order valence-corrected chi connectivity index (χ1v) is 4.95. The monoisotopic (exact) mass is 226 g/mol. The Hall–Kier alpha value is -1.69. The average molecular weight is 226 g/mol. The minimum atomic E-state index is -0.909. The van der Waals surface area contributed by atoms with E-state index in [0.29, 0.717) is 11.6 Å². The zero-order valence-corrected chi connectivity index (χ0v) is 8.50. The molecule has 2 rings (SSSR count). The number of anilines is 1. The molecule has 86 valence electrons. The lowest BCUT2D eigenvalue weighted by atomic mass is 10.3. The summed E-state index contributed by atoms with van der Waals surface area (Å²) in [4.78, 5) is 4.21. The van der Waals surface area contributed by atoms with E-state index in [0.717, 1.165) is 25.0 Å². The maximum atomic E-state index is 12.9. The Morgan fingerprint density at radius 1 is 1.31 bits per heavy atom. The van der Waals surface area contributed by atoms with Crippen molar-refractivity contribution in [2.24, 2.45) is 10.8 Å². The summed E-state index contributed by atoms with van der Waals surface area (Å²) in [6.45, 7) is 0. The Kier molecular flexibility index (Phi) is 3.00. The second-order valence-electron chi connectivity index (χ2n) is 3.61. The largest absolute Gasteiger partial charge is 0.325 e. The fourth-order valence-corrected chi connectivity index (χ4v) is 1.20. The minimum absolute atomic E-state index is 0.281. The third kappa shape index (κ3) is 2.66. The molecule has 1 aliphatic rings. The number of rotatable bonds is 2. The average Bonchev–Trinajstić information content (AvgIpc) is 3.06. The van der Waals surface area contributed by atoms with Crippen LogP contribution in [0, 0.1) is 11.6 Å². The van der Waals surface area contributed by atoms with Crippen molar-refractivity contribution >= 4 is 11.6 Å². The number of aliphatic imine (C=N–C) groups is 1. The van der Waals surface area contributed by atoms with Gasteiger partial charge in [0.2, 0.25) is 5.96 Å². The molecule has 0 amide bonds. The lowest BCUT2D eigenvalue weighted by Crippen LogP contribution is -2.36. The number of nitrogens with two attached hydrogens (primary N) is 1. The number of hydrazine groups is 1. The molecule has 6 heteroatoms. The van der Waals surface area contributed by atoms with Crippen molar-refractivity contribution in [3.05, 3.63) is 29.8 Å². The lowest BCUT2D eigenvalue weighted by molar-refractivity contribution is 0.509. The maximum Gasteiger partial charge on any atom is 0.210 e. The Balaban J connectivity index is 2.09. The van der Waals surface area contributed by atoms with Crippen molar-refractivity contribution in [2.45, 2.75) is 18.9 Å². The van der Waals surface area contributed by atoms with Gasteiger partial charge in [0.25, 0.3) is 0 Å². The molecule has 0 bridgehead atoms. The summed E-state index contributed by atoms with van der Waals surface area (Å²) in [5.41, 5.74) is 2.78. The fourth-order valence-electron chi connectivity index (χ4n) is 1.20. The molecule has 0 spiro atoms. The van der Waals surface area contributed by atoms with Gasteiger partial charge in [-0.25, -0.2) is 19.6 Å². The van der Waals surface area contributed by atoms with Crippen molar-refractivity contribution in [3.8, 4) is 0 Å². The predicted octanol–water partition coefficient (Wildman–Crippen LogP) is 1.36. The summed E-state index contributed by atoms with van der Waals surface area (Å²) in [7, 11) is 0. The summed E-state index contributed by atoms with van der Waals surface area (Å²) in [5.74, 6) is 3.82. The predicted molar refractivity (Wildman–Crippen MR) is 57.8 cm³/mol. The minimum Gasteiger partial charge on any atom is -0.325 e.